The first-order chi connectivity index (χ1) is 21.8. The molecule has 2 aliphatic heterocycles. The first-order valence-corrected chi connectivity index (χ1v) is 14.9. The van der Waals surface area contributed by atoms with Gasteiger partial charge in [-0.05, 0) is 47.5 Å². The monoisotopic (exact) mass is 606 g/mol. The largest absolute Gasteiger partial charge is 0.337 e. The molecule has 0 atom stereocenters. The smallest absolute Gasteiger partial charge is 0.275 e. The molecule has 4 aromatic carbocycles. The topological polar surface area (TPSA) is 81.8 Å². The van der Waals surface area contributed by atoms with Gasteiger partial charge in [-0.2, -0.15) is 0 Å². The van der Waals surface area contributed by atoms with E-state index in [0.717, 1.165) is 17.2 Å². The number of halogens is 2. The highest BCUT2D eigenvalue weighted by molar-refractivity contribution is 6.11. The van der Waals surface area contributed by atoms with Gasteiger partial charge in [0.05, 0.1) is 5.69 Å². The van der Waals surface area contributed by atoms with Crippen molar-refractivity contribution >= 4 is 34.7 Å². The Balaban J connectivity index is 1.23. The van der Waals surface area contributed by atoms with Gasteiger partial charge in [-0.3, -0.25) is 14.4 Å². The number of para-hydroxylation sites is 1. The fourth-order valence-corrected chi connectivity index (χ4v) is 5.74. The first-order valence-electron chi connectivity index (χ1n) is 14.9. The van der Waals surface area contributed by atoms with Crippen molar-refractivity contribution in [1.29, 1.82) is 0 Å². The Labute approximate surface area is 260 Å². The van der Waals surface area contributed by atoms with Crippen LogP contribution in [0.3, 0.4) is 0 Å². The average Bonchev–Trinajstić information content (AvgIpc) is 3.19. The summed E-state index contributed by atoms with van der Waals surface area (Å²) in [6, 6.07) is 29.7. The van der Waals surface area contributed by atoms with Crippen molar-refractivity contribution < 1.29 is 23.2 Å². The van der Waals surface area contributed by atoms with Gasteiger partial charge in [0, 0.05) is 73.2 Å². The summed E-state index contributed by atoms with van der Waals surface area (Å²) >= 11 is 0. The van der Waals surface area contributed by atoms with Gasteiger partial charge >= 0.3 is 0 Å². The number of amides is 3. The Bertz CT molecular complexity index is 1750. The number of carbonyl (C=O) groups excluding carboxylic acids is 3. The minimum absolute atomic E-state index is 0.151. The number of anilines is 2. The standard InChI is InChI=1S/C36H32F2N4O3/c37-36(38)18-21-42(32-13-7-6-12-30(32)31(36)24-33(43)41-22-19-39-20-23-41)35(45)26-14-16-27(17-15-26)40-34(44)29-11-5-4-10-28(29)25-8-2-1-3-9-25/h1-17,24,39H,18-23H2,(H,40,44)/b31-24+. The zero-order valence-corrected chi connectivity index (χ0v) is 24.5. The van der Waals surface area contributed by atoms with Gasteiger partial charge in [0.2, 0.25) is 5.91 Å². The highest BCUT2D eigenvalue weighted by Crippen LogP contribution is 2.43. The fraction of sp³-hybridized carbons (Fsp3) is 0.194. The number of allylic oxidation sites excluding steroid dienone is 1. The maximum atomic E-state index is 15.6. The summed E-state index contributed by atoms with van der Waals surface area (Å²) in [5.74, 6) is -4.55. The third kappa shape index (κ3) is 6.39. The third-order valence-corrected chi connectivity index (χ3v) is 8.12. The van der Waals surface area contributed by atoms with Crippen LogP contribution in [0.4, 0.5) is 20.2 Å². The number of nitrogens with zero attached hydrogens (tertiary/aromatic N) is 2. The summed E-state index contributed by atoms with van der Waals surface area (Å²) in [4.78, 5) is 42.8. The van der Waals surface area contributed by atoms with Crippen molar-refractivity contribution in [3.63, 3.8) is 0 Å². The van der Waals surface area contributed by atoms with Crippen LogP contribution in [-0.2, 0) is 4.79 Å². The van der Waals surface area contributed by atoms with Crippen molar-refractivity contribution in [2.75, 3.05) is 42.9 Å². The van der Waals surface area contributed by atoms with E-state index in [1.54, 1.807) is 59.5 Å². The van der Waals surface area contributed by atoms with E-state index in [4.69, 9.17) is 0 Å². The van der Waals surface area contributed by atoms with Gasteiger partial charge in [0.1, 0.15) is 0 Å². The van der Waals surface area contributed by atoms with Crippen LogP contribution < -0.4 is 15.5 Å². The molecular formula is C36H32F2N4O3. The second-order valence-electron chi connectivity index (χ2n) is 11.0. The average molecular weight is 607 g/mol. The van der Waals surface area contributed by atoms with Crippen molar-refractivity contribution in [2.45, 2.75) is 12.3 Å². The maximum Gasteiger partial charge on any atom is 0.275 e. The number of rotatable bonds is 5. The summed E-state index contributed by atoms with van der Waals surface area (Å²) < 4.78 is 31.2. The quantitative estimate of drug-likeness (QED) is 0.269. The predicted molar refractivity (Wildman–Crippen MR) is 171 cm³/mol. The van der Waals surface area contributed by atoms with Crippen LogP contribution in [0, 0.1) is 0 Å². The molecule has 2 aliphatic rings. The summed E-state index contributed by atoms with van der Waals surface area (Å²) in [7, 11) is 0. The molecule has 3 amide bonds. The molecule has 0 saturated carbocycles. The van der Waals surface area contributed by atoms with Crippen molar-refractivity contribution in [2.24, 2.45) is 0 Å². The fourth-order valence-electron chi connectivity index (χ4n) is 5.74. The van der Waals surface area contributed by atoms with E-state index in [1.807, 2.05) is 42.5 Å². The Kier molecular flexibility index (Phi) is 8.53. The molecule has 2 N–H and O–H groups in total. The van der Waals surface area contributed by atoms with Gasteiger partial charge < -0.3 is 20.4 Å². The molecule has 0 bridgehead atoms. The van der Waals surface area contributed by atoms with E-state index in [2.05, 4.69) is 10.6 Å². The lowest BCUT2D eigenvalue weighted by atomic mass is 9.96. The zero-order valence-electron chi connectivity index (χ0n) is 24.5. The Morgan fingerprint density at radius 2 is 1.40 bits per heavy atom. The lowest BCUT2D eigenvalue weighted by Gasteiger charge is -2.27. The van der Waals surface area contributed by atoms with Crippen LogP contribution in [0.25, 0.3) is 16.7 Å². The molecule has 0 unspecified atom stereocenters. The third-order valence-electron chi connectivity index (χ3n) is 8.12. The van der Waals surface area contributed by atoms with E-state index in [1.165, 1.54) is 11.0 Å². The van der Waals surface area contributed by atoms with Gasteiger partial charge in [-0.15, -0.1) is 0 Å². The van der Waals surface area contributed by atoms with E-state index in [0.29, 0.717) is 43.1 Å². The van der Waals surface area contributed by atoms with Crippen LogP contribution >= 0.6 is 0 Å². The number of benzene rings is 4. The number of nitrogens with one attached hydrogen (secondary N) is 2. The number of hydrogen-bond donors (Lipinski definition) is 2. The Morgan fingerprint density at radius 3 is 2.13 bits per heavy atom. The SMILES string of the molecule is O=C(Nc1ccc(C(=O)N2CCC(F)(F)/C(=C/C(=O)N3CCNCC3)c3ccccc32)cc1)c1ccccc1-c1ccccc1. The van der Waals surface area contributed by atoms with Gasteiger partial charge in [-0.25, -0.2) is 8.78 Å². The number of alkyl halides is 2. The molecule has 228 valence electrons. The van der Waals surface area contributed by atoms with Crippen LogP contribution in [0.5, 0.6) is 0 Å². The van der Waals surface area contributed by atoms with Gasteiger partial charge in [-0.1, -0.05) is 66.7 Å². The molecule has 1 fully saturated rings. The van der Waals surface area contributed by atoms with Crippen LogP contribution in [0.2, 0.25) is 0 Å². The van der Waals surface area contributed by atoms with Crippen LogP contribution in [0.1, 0.15) is 32.7 Å². The molecule has 0 aromatic heterocycles. The van der Waals surface area contributed by atoms with E-state index >= 15 is 8.78 Å². The second-order valence-corrected chi connectivity index (χ2v) is 11.0. The molecule has 2 heterocycles. The summed E-state index contributed by atoms with van der Waals surface area (Å²) in [5, 5.41) is 6.04. The number of fused-ring (bicyclic) bond motifs is 1. The maximum absolute atomic E-state index is 15.6. The van der Waals surface area contributed by atoms with Crippen molar-refractivity contribution in [1.82, 2.24) is 10.2 Å². The van der Waals surface area contributed by atoms with Crippen molar-refractivity contribution in [3.8, 4) is 11.1 Å². The highest BCUT2D eigenvalue weighted by atomic mass is 19.3. The minimum Gasteiger partial charge on any atom is -0.337 e. The summed E-state index contributed by atoms with van der Waals surface area (Å²) in [6.45, 7) is 1.85. The van der Waals surface area contributed by atoms with E-state index in [9.17, 15) is 14.4 Å². The van der Waals surface area contributed by atoms with Crippen LogP contribution in [0.15, 0.2) is 109 Å². The predicted octanol–water partition coefficient (Wildman–Crippen LogP) is 6.11. The Morgan fingerprint density at radius 1 is 0.756 bits per heavy atom. The molecule has 4 aromatic rings. The highest BCUT2D eigenvalue weighted by Gasteiger charge is 2.41. The van der Waals surface area contributed by atoms with Gasteiger partial charge in [0.15, 0.2) is 0 Å². The summed E-state index contributed by atoms with van der Waals surface area (Å²) in [5.41, 5.74) is 3.06. The van der Waals surface area contributed by atoms with Crippen LogP contribution in [-0.4, -0.2) is 61.3 Å². The summed E-state index contributed by atoms with van der Waals surface area (Å²) in [6.07, 6.45) is 0.397. The van der Waals surface area contributed by atoms with Crippen molar-refractivity contribution in [3.05, 3.63) is 126 Å². The number of carbonyl (C=O) groups is 3. The number of piperazine rings is 1. The molecule has 0 spiro atoms. The molecule has 6 rings (SSSR count). The Hall–Kier alpha value is -5.15. The van der Waals surface area contributed by atoms with E-state index < -0.39 is 24.2 Å². The lowest BCUT2D eigenvalue weighted by molar-refractivity contribution is -0.126. The molecule has 0 aliphatic carbocycles. The molecule has 1 saturated heterocycles. The molecule has 9 heteroatoms. The minimum atomic E-state index is -3.32. The zero-order chi connectivity index (χ0) is 31.4. The molecular weight excluding hydrogens is 574 g/mol. The van der Waals surface area contributed by atoms with E-state index in [-0.39, 0.29) is 29.2 Å². The number of hydrogen-bond acceptors (Lipinski definition) is 4. The molecule has 45 heavy (non-hydrogen) atoms. The lowest BCUT2D eigenvalue weighted by Crippen LogP contribution is -2.46. The normalized spacial score (nSPS) is 16.9. The first kappa shape index (κ1) is 29.9. The molecule has 0 radical (unpaired) electrons. The molecule has 7 nitrogen and oxygen atoms in total. The van der Waals surface area contributed by atoms with Gasteiger partial charge in [0.25, 0.3) is 17.7 Å². The second kappa shape index (κ2) is 12.8.